The van der Waals surface area contributed by atoms with Crippen LogP contribution < -0.4 is 9.47 Å². The van der Waals surface area contributed by atoms with Crippen LogP contribution in [0.3, 0.4) is 0 Å². The molecule has 2 nitrogen and oxygen atoms in total. The van der Waals surface area contributed by atoms with Crippen LogP contribution >= 0.6 is 15.9 Å². The van der Waals surface area contributed by atoms with Crippen LogP contribution in [0.5, 0.6) is 11.5 Å². The van der Waals surface area contributed by atoms with Crippen LogP contribution in [0.4, 0.5) is 0 Å². The van der Waals surface area contributed by atoms with Crippen molar-refractivity contribution in [2.45, 2.75) is 33.6 Å². The summed E-state index contributed by atoms with van der Waals surface area (Å²) in [6.07, 6.45) is 0. The van der Waals surface area contributed by atoms with E-state index in [1.807, 2.05) is 19.9 Å². The smallest absolute Gasteiger partial charge is 0.161 e. The standard InChI is InChI=1S/C15H23BrO2/c1-5-17-14-8-7-13(9-15(14)18-6-2)12(4)11(3)10-16/h7-9,11-12H,5-6,10H2,1-4H3. The lowest BCUT2D eigenvalue weighted by Gasteiger charge is -2.20. The molecule has 1 rings (SSSR count). The lowest BCUT2D eigenvalue weighted by atomic mass is 9.90. The lowest BCUT2D eigenvalue weighted by molar-refractivity contribution is 0.287. The van der Waals surface area contributed by atoms with Crippen molar-refractivity contribution >= 4 is 15.9 Å². The molecule has 0 bridgehead atoms. The predicted molar refractivity (Wildman–Crippen MR) is 80.2 cm³/mol. The van der Waals surface area contributed by atoms with E-state index in [-0.39, 0.29) is 0 Å². The minimum absolute atomic E-state index is 0.499. The van der Waals surface area contributed by atoms with Gasteiger partial charge in [0.05, 0.1) is 13.2 Å². The molecule has 0 aliphatic heterocycles. The molecular formula is C15H23BrO2. The highest BCUT2D eigenvalue weighted by atomic mass is 79.9. The Morgan fingerprint density at radius 2 is 1.67 bits per heavy atom. The van der Waals surface area contributed by atoms with Gasteiger partial charge in [0.2, 0.25) is 0 Å². The minimum atomic E-state index is 0.499. The maximum atomic E-state index is 5.66. The fraction of sp³-hybridized carbons (Fsp3) is 0.600. The number of halogens is 1. The average molecular weight is 315 g/mol. The monoisotopic (exact) mass is 314 g/mol. The molecule has 0 spiro atoms. The van der Waals surface area contributed by atoms with Gasteiger partial charge >= 0.3 is 0 Å². The van der Waals surface area contributed by atoms with E-state index in [1.54, 1.807) is 0 Å². The summed E-state index contributed by atoms with van der Waals surface area (Å²) in [6.45, 7) is 9.79. The quantitative estimate of drug-likeness (QED) is 0.684. The van der Waals surface area contributed by atoms with Crippen LogP contribution in [-0.2, 0) is 0 Å². The third-order valence-electron chi connectivity index (χ3n) is 3.19. The van der Waals surface area contributed by atoms with E-state index in [9.17, 15) is 0 Å². The van der Waals surface area contributed by atoms with Gasteiger partial charge in [-0.25, -0.2) is 0 Å². The number of hydrogen-bond acceptors (Lipinski definition) is 2. The van der Waals surface area contributed by atoms with Crippen molar-refractivity contribution in [3.63, 3.8) is 0 Å². The van der Waals surface area contributed by atoms with Crippen molar-refractivity contribution < 1.29 is 9.47 Å². The minimum Gasteiger partial charge on any atom is -0.490 e. The van der Waals surface area contributed by atoms with Crippen LogP contribution in [0.25, 0.3) is 0 Å². The normalized spacial score (nSPS) is 14.1. The van der Waals surface area contributed by atoms with Gasteiger partial charge in [0, 0.05) is 5.33 Å². The Balaban J connectivity index is 2.98. The van der Waals surface area contributed by atoms with Crippen LogP contribution in [0.2, 0.25) is 0 Å². The Morgan fingerprint density at radius 3 is 2.22 bits per heavy atom. The lowest BCUT2D eigenvalue weighted by Crippen LogP contribution is -2.08. The van der Waals surface area contributed by atoms with Crippen molar-refractivity contribution in [1.82, 2.24) is 0 Å². The first-order chi connectivity index (χ1) is 8.63. The number of alkyl halides is 1. The van der Waals surface area contributed by atoms with E-state index in [0.29, 0.717) is 25.0 Å². The van der Waals surface area contributed by atoms with E-state index in [4.69, 9.17) is 9.47 Å². The summed E-state index contributed by atoms with van der Waals surface area (Å²) < 4.78 is 11.2. The molecule has 0 saturated carbocycles. The third kappa shape index (κ3) is 3.91. The van der Waals surface area contributed by atoms with Crippen molar-refractivity contribution in [2.75, 3.05) is 18.5 Å². The molecule has 18 heavy (non-hydrogen) atoms. The second-order valence-electron chi connectivity index (χ2n) is 4.49. The molecule has 0 amide bonds. The predicted octanol–water partition coefficient (Wildman–Crippen LogP) is 4.62. The summed E-state index contributed by atoms with van der Waals surface area (Å²) in [5.74, 6) is 2.78. The van der Waals surface area contributed by atoms with Gasteiger partial charge in [-0.1, -0.05) is 35.8 Å². The highest BCUT2D eigenvalue weighted by molar-refractivity contribution is 9.09. The fourth-order valence-corrected chi connectivity index (χ4v) is 2.37. The van der Waals surface area contributed by atoms with E-state index in [0.717, 1.165) is 16.8 Å². The van der Waals surface area contributed by atoms with Crippen molar-refractivity contribution in [1.29, 1.82) is 0 Å². The topological polar surface area (TPSA) is 18.5 Å². The summed E-state index contributed by atoms with van der Waals surface area (Å²) in [7, 11) is 0. The molecule has 0 aliphatic rings. The molecule has 2 unspecified atom stereocenters. The maximum Gasteiger partial charge on any atom is 0.161 e. The Kier molecular flexibility index (Phi) is 6.55. The SMILES string of the molecule is CCOc1ccc(C(C)C(C)CBr)cc1OCC. The zero-order valence-electron chi connectivity index (χ0n) is 11.7. The van der Waals surface area contributed by atoms with Crippen LogP contribution in [-0.4, -0.2) is 18.5 Å². The van der Waals surface area contributed by atoms with Gasteiger partial charge in [-0.2, -0.15) is 0 Å². The summed E-state index contributed by atoms with van der Waals surface area (Å²) in [5, 5.41) is 1.01. The van der Waals surface area contributed by atoms with E-state index in [1.165, 1.54) is 5.56 Å². The molecule has 0 heterocycles. The van der Waals surface area contributed by atoms with Gasteiger partial charge in [0.1, 0.15) is 0 Å². The first kappa shape index (κ1) is 15.4. The summed E-state index contributed by atoms with van der Waals surface area (Å²) in [6, 6.07) is 6.26. The summed E-state index contributed by atoms with van der Waals surface area (Å²) >= 11 is 3.55. The van der Waals surface area contributed by atoms with E-state index in [2.05, 4.69) is 41.9 Å². The largest absolute Gasteiger partial charge is 0.490 e. The first-order valence-corrected chi connectivity index (χ1v) is 7.71. The van der Waals surface area contributed by atoms with E-state index < -0.39 is 0 Å². The maximum absolute atomic E-state index is 5.66. The number of rotatable bonds is 7. The molecule has 1 aromatic carbocycles. The van der Waals surface area contributed by atoms with Crippen LogP contribution in [0.15, 0.2) is 18.2 Å². The highest BCUT2D eigenvalue weighted by Crippen LogP contribution is 2.34. The van der Waals surface area contributed by atoms with E-state index >= 15 is 0 Å². The number of hydrogen-bond donors (Lipinski definition) is 0. The van der Waals surface area contributed by atoms with Crippen LogP contribution in [0.1, 0.15) is 39.2 Å². The Hall–Kier alpha value is -0.700. The Bertz CT molecular complexity index is 366. The van der Waals surface area contributed by atoms with Crippen molar-refractivity contribution in [2.24, 2.45) is 5.92 Å². The first-order valence-electron chi connectivity index (χ1n) is 6.59. The Morgan fingerprint density at radius 1 is 1.06 bits per heavy atom. The summed E-state index contributed by atoms with van der Waals surface area (Å²) in [4.78, 5) is 0. The van der Waals surface area contributed by atoms with Crippen molar-refractivity contribution in [3.05, 3.63) is 23.8 Å². The van der Waals surface area contributed by atoms with Gasteiger partial charge in [-0.05, 0) is 43.4 Å². The molecule has 2 atom stereocenters. The molecule has 0 radical (unpaired) electrons. The van der Waals surface area contributed by atoms with Gasteiger partial charge in [-0.15, -0.1) is 0 Å². The molecule has 0 saturated heterocycles. The summed E-state index contributed by atoms with van der Waals surface area (Å²) in [5.41, 5.74) is 1.30. The highest BCUT2D eigenvalue weighted by Gasteiger charge is 2.15. The molecule has 0 aliphatic carbocycles. The molecular weight excluding hydrogens is 292 g/mol. The zero-order valence-corrected chi connectivity index (χ0v) is 13.3. The second-order valence-corrected chi connectivity index (χ2v) is 5.14. The third-order valence-corrected chi connectivity index (χ3v) is 4.21. The Labute approximate surface area is 119 Å². The molecule has 0 fully saturated rings. The van der Waals surface area contributed by atoms with Crippen LogP contribution in [0, 0.1) is 5.92 Å². The second kappa shape index (κ2) is 7.67. The molecule has 0 N–H and O–H groups in total. The molecule has 3 heteroatoms. The molecule has 102 valence electrons. The van der Waals surface area contributed by atoms with Gasteiger partial charge in [0.15, 0.2) is 11.5 Å². The average Bonchev–Trinajstić information content (AvgIpc) is 2.39. The number of benzene rings is 1. The van der Waals surface area contributed by atoms with Gasteiger partial charge in [-0.3, -0.25) is 0 Å². The van der Waals surface area contributed by atoms with Gasteiger partial charge < -0.3 is 9.47 Å². The zero-order chi connectivity index (χ0) is 13.5. The molecule has 1 aromatic rings. The number of ether oxygens (including phenoxy) is 2. The fourth-order valence-electron chi connectivity index (χ4n) is 1.81. The van der Waals surface area contributed by atoms with Gasteiger partial charge in [0.25, 0.3) is 0 Å². The molecule has 0 aromatic heterocycles. The van der Waals surface area contributed by atoms with Crippen molar-refractivity contribution in [3.8, 4) is 11.5 Å².